The van der Waals surface area contributed by atoms with Crippen LogP contribution in [0.2, 0.25) is 0 Å². The van der Waals surface area contributed by atoms with E-state index in [9.17, 15) is 0 Å². The van der Waals surface area contributed by atoms with Crippen LogP contribution in [0.3, 0.4) is 0 Å². The van der Waals surface area contributed by atoms with E-state index in [0.717, 1.165) is 23.3 Å². The van der Waals surface area contributed by atoms with E-state index in [4.69, 9.17) is 10.7 Å². The van der Waals surface area contributed by atoms with Gasteiger partial charge in [-0.2, -0.15) is 0 Å². The molecule has 1 aromatic heterocycles. The molecule has 3 heteroatoms. The normalized spacial score (nSPS) is 11.1. The van der Waals surface area contributed by atoms with Crippen molar-refractivity contribution in [1.82, 2.24) is 9.55 Å². The summed E-state index contributed by atoms with van der Waals surface area (Å²) in [6.45, 7) is 2.73. The lowest BCUT2D eigenvalue weighted by Gasteiger charge is -2.11. The minimum Gasteiger partial charge on any atom is -0.330 e. The highest BCUT2D eigenvalue weighted by Crippen LogP contribution is 2.23. The number of aromatic nitrogens is 2. The summed E-state index contributed by atoms with van der Waals surface area (Å²) in [5.41, 5.74) is 10.3. The molecule has 0 fully saturated rings. The molecule has 0 unspecified atom stereocenters. The molecule has 0 bridgehead atoms. The fraction of sp³-hybridized carbons (Fsp3) is 0.188. The molecule has 0 saturated heterocycles. The van der Waals surface area contributed by atoms with E-state index in [-0.39, 0.29) is 0 Å². The standard InChI is InChI=1S/C16H17N3/c1-12-6-2-4-8-14(12)19-15-9-5-3-7-13(15)18-16(19)10-11-17/h2-9H,10-11,17H2,1H3. The number of hydrogen-bond donors (Lipinski definition) is 1. The summed E-state index contributed by atoms with van der Waals surface area (Å²) in [6.07, 6.45) is 0.781. The molecule has 0 radical (unpaired) electrons. The number of benzene rings is 2. The van der Waals surface area contributed by atoms with Crippen LogP contribution in [-0.2, 0) is 6.42 Å². The highest BCUT2D eigenvalue weighted by atomic mass is 15.1. The fourth-order valence-electron chi connectivity index (χ4n) is 2.46. The largest absolute Gasteiger partial charge is 0.330 e. The summed E-state index contributed by atoms with van der Waals surface area (Å²) in [5.74, 6) is 1.03. The molecule has 2 aromatic carbocycles. The van der Waals surface area contributed by atoms with Crippen molar-refractivity contribution in [2.75, 3.05) is 6.54 Å². The molecule has 0 saturated carbocycles. The summed E-state index contributed by atoms with van der Waals surface area (Å²) < 4.78 is 2.22. The first-order valence-electron chi connectivity index (χ1n) is 6.53. The third-order valence-electron chi connectivity index (χ3n) is 3.35. The van der Waals surface area contributed by atoms with E-state index in [1.807, 2.05) is 18.2 Å². The molecular formula is C16H17N3. The van der Waals surface area contributed by atoms with E-state index in [1.165, 1.54) is 11.3 Å². The van der Waals surface area contributed by atoms with Crippen LogP contribution < -0.4 is 5.73 Å². The van der Waals surface area contributed by atoms with E-state index < -0.39 is 0 Å². The Balaban J connectivity index is 2.31. The van der Waals surface area contributed by atoms with Gasteiger partial charge in [0.05, 0.1) is 16.7 Å². The van der Waals surface area contributed by atoms with Crippen molar-refractivity contribution in [2.24, 2.45) is 5.73 Å². The SMILES string of the molecule is Cc1ccccc1-n1c(CCN)nc2ccccc21. The van der Waals surface area contributed by atoms with Gasteiger partial charge >= 0.3 is 0 Å². The van der Waals surface area contributed by atoms with E-state index in [1.54, 1.807) is 0 Å². The van der Waals surface area contributed by atoms with Crippen LogP contribution in [0.4, 0.5) is 0 Å². The Morgan fingerprint density at radius 2 is 1.79 bits per heavy atom. The molecule has 0 aliphatic heterocycles. The molecule has 0 aliphatic carbocycles. The average molecular weight is 251 g/mol. The smallest absolute Gasteiger partial charge is 0.115 e. The van der Waals surface area contributed by atoms with Crippen LogP contribution in [-0.4, -0.2) is 16.1 Å². The van der Waals surface area contributed by atoms with Crippen molar-refractivity contribution in [3.05, 3.63) is 59.9 Å². The summed E-state index contributed by atoms with van der Waals surface area (Å²) in [6, 6.07) is 16.6. The second-order valence-electron chi connectivity index (χ2n) is 4.68. The molecule has 0 spiro atoms. The second kappa shape index (κ2) is 4.86. The Morgan fingerprint density at radius 1 is 1.05 bits per heavy atom. The van der Waals surface area contributed by atoms with Gasteiger partial charge in [0.2, 0.25) is 0 Å². The van der Waals surface area contributed by atoms with Gasteiger partial charge in [0, 0.05) is 6.42 Å². The lowest BCUT2D eigenvalue weighted by Crippen LogP contribution is -2.09. The topological polar surface area (TPSA) is 43.8 Å². The van der Waals surface area contributed by atoms with E-state index in [0.29, 0.717) is 6.54 Å². The van der Waals surface area contributed by atoms with Gasteiger partial charge in [-0.05, 0) is 37.2 Å². The maximum atomic E-state index is 5.71. The van der Waals surface area contributed by atoms with E-state index in [2.05, 4.69) is 41.8 Å². The van der Waals surface area contributed by atoms with Gasteiger partial charge in [-0.1, -0.05) is 30.3 Å². The first-order valence-corrected chi connectivity index (χ1v) is 6.53. The van der Waals surface area contributed by atoms with Crippen LogP contribution in [0.5, 0.6) is 0 Å². The predicted octanol–water partition coefficient (Wildman–Crippen LogP) is 2.84. The van der Waals surface area contributed by atoms with Gasteiger partial charge in [0.1, 0.15) is 5.82 Å². The molecule has 3 rings (SSSR count). The van der Waals surface area contributed by atoms with Crippen molar-refractivity contribution in [1.29, 1.82) is 0 Å². The number of fused-ring (bicyclic) bond motifs is 1. The quantitative estimate of drug-likeness (QED) is 0.778. The van der Waals surface area contributed by atoms with Gasteiger partial charge in [0.25, 0.3) is 0 Å². The first-order chi connectivity index (χ1) is 9.31. The number of rotatable bonds is 3. The molecule has 0 amide bonds. The van der Waals surface area contributed by atoms with Crippen LogP contribution in [0.1, 0.15) is 11.4 Å². The first kappa shape index (κ1) is 11.9. The Labute approximate surface area is 112 Å². The summed E-state index contributed by atoms with van der Waals surface area (Å²) in [5, 5.41) is 0. The van der Waals surface area contributed by atoms with Crippen LogP contribution in [0.25, 0.3) is 16.7 Å². The maximum absolute atomic E-state index is 5.71. The second-order valence-corrected chi connectivity index (χ2v) is 4.68. The van der Waals surface area contributed by atoms with Gasteiger partial charge < -0.3 is 5.73 Å². The van der Waals surface area contributed by atoms with Crippen molar-refractivity contribution in [3.8, 4) is 5.69 Å². The van der Waals surface area contributed by atoms with Gasteiger partial charge in [-0.3, -0.25) is 4.57 Å². The third-order valence-corrected chi connectivity index (χ3v) is 3.35. The van der Waals surface area contributed by atoms with Crippen molar-refractivity contribution >= 4 is 11.0 Å². The maximum Gasteiger partial charge on any atom is 0.115 e. The van der Waals surface area contributed by atoms with E-state index >= 15 is 0 Å². The molecule has 2 N–H and O–H groups in total. The Hall–Kier alpha value is -2.13. The number of imidazole rings is 1. The molecule has 1 heterocycles. The van der Waals surface area contributed by atoms with Crippen molar-refractivity contribution in [3.63, 3.8) is 0 Å². The number of hydrogen-bond acceptors (Lipinski definition) is 2. The third kappa shape index (κ3) is 2.02. The highest BCUT2D eigenvalue weighted by Gasteiger charge is 2.12. The van der Waals surface area contributed by atoms with Crippen LogP contribution >= 0.6 is 0 Å². The van der Waals surface area contributed by atoms with Crippen molar-refractivity contribution < 1.29 is 0 Å². The molecule has 3 aromatic rings. The monoisotopic (exact) mass is 251 g/mol. The number of aryl methyl sites for hydroxylation is 1. The number of nitrogens with zero attached hydrogens (tertiary/aromatic N) is 2. The predicted molar refractivity (Wildman–Crippen MR) is 78.6 cm³/mol. The minimum atomic E-state index is 0.606. The molecule has 3 nitrogen and oxygen atoms in total. The van der Waals surface area contributed by atoms with Crippen molar-refractivity contribution in [2.45, 2.75) is 13.3 Å². The van der Waals surface area contributed by atoms with Gasteiger partial charge in [-0.15, -0.1) is 0 Å². The fourth-order valence-corrected chi connectivity index (χ4v) is 2.46. The van der Waals surface area contributed by atoms with Crippen LogP contribution in [0.15, 0.2) is 48.5 Å². The highest BCUT2D eigenvalue weighted by molar-refractivity contribution is 5.78. The van der Waals surface area contributed by atoms with Crippen LogP contribution in [0, 0.1) is 6.92 Å². The number of para-hydroxylation sites is 3. The number of nitrogens with two attached hydrogens (primary N) is 1. The molecule has 19 heavy (non-hydrogen) atoms. The zero-order chi connectivity index (χ0) is 13.2. The summed E-state index contributed by atoms with van der Waals surface area (Å²) >= 11 is 0. The van der Waals surface area contributed by atoms with Gasteiger partial charge in [-0.25, -0.2) is 4.98 Å². The Bertz CT molecular complexity index is 713. The average Bonchev–Trinajstić information content (AvgIpc) is 2.78. The summed E-state index contributed by atoms with van der Waals surface area (Å²) in [4.78, 5) is 4.70. The lowest BCUT2D eigenvalue weighted by atomic mass is 10.2. The van der Waals surface area contributed by atoms with Gasteiger partial charge in [0.15, 0.2) is 0 Å². The molecule has 0 atom stereocenters. The zero-order valence-corrected chi connectivity index (χ0v) is 11.0. The Kier molecular flexibility index (Phi) is 3.05. The molecule has 0 aliphatic rings. The summed E-state index contributed by atoms with van der Waals surface area (Å²) in [7, 11) is 0. The zero-order valence-electron chi connectivity index (χ0n) is 11.0. The minimum absolute atomic E-state index is 0.606. The molecule has 96 valence electrons. The lowest BCUT2D eigenvalue weighted by molar-refractivity contribution is 0.845. The Morgan fingerprint density at radius 3 is 2.58 bits per heavy atom. The molecular weight excluding hydrogens is 234 g/mol.